The van der Waals surface area contributed by atoms with Gasteiger partial charge in [0.1, 0.15) is 0 Å². The van der Waals surface area contributed by atoms with Crippen molar-refractivity contribution in [2.24, 2.45) is 0 Å². The zero-order valence-corrected chi connectivity index (χ0v) is 9.29. The minimum Gasteiger partial charge on any atom is -0.656 e. The van der Waals surface area contributed by atoms with Gasteiger partial charge in [0.05, 0.1) is 0 Å². The Balaban J connectivity index is 0.000000853. The second-order valence-corrected chi connectivity index (χ2v) is 4.23. The predicted octanol–water partition coefficient (Wildman–Crippen LogP) is 1.49. The zero-order valence-electron chi connectivity index (χ0n) is 8.47. The molecule has 0 amide bonds. The van der Waals surface area contributed by atoms with Gasteiger partial charge in [-0.15, -0.1) is 11.4 Å². The van der Waals surface area contributed by atoms with Crippen LogP contribution in [0.4, 0.5) is 11.4 Å². The van der Waals surface area contributed by atoms with Crippen LogP contribution in [0.15, 0.2) is 58.3 Å². The molecule has 3 heteroatoms. The normalized spacial score (nSPS) is 11.7. The molecule has 0 spiro atoms. The average molecular weight is 205 g/mol. The molecule has 0 radical (unpaired) electrons. The Labute approximate surface area is 105 Å². The molecule has 1 heterocycles. The second kappa shape index (κ2) is 4.36. The maximum absolute atomic E-state index is 4.59. The van der Waals surface area contributed by atoms with Gasteiger partial charge in [0.15, 0.2) is 0 Å². The molecule has 0 fully saturated rings. The van der Waals surface area contributed by atoms with Crippen LogP contribution in [0.2, 0.25) is 0 Å². The molecule has 1 aliphatic rings. The van der Waals surface area contributed by atoms with Crippen molar-refractivity contribution >= 4 is 23.1 Å². The second-order valence-electron chi connectivity index (χ2n) is 3.15. The summed E-state index contributed by atoms with van der Waals surface area (Å²) in [6.07, 6.45) is 0. The average Bonchev–Trinajstić information content (AvgIpc) is 2.26. The van der Waals surface area contributed by atoms with E-state index in [1.807, 2.05) is 12.1 Å². The zero-order chi connectivity index (χ0) is 9.38. The fraction of sp³-hybridized carbons (Fsp3) is 0. The molecule has 1 nitrogen and oxygen atoms in total. The van der Waals surface area contributed by atoms with Gasteiger partial charge >= 0.3 is 18.9 Å². The molecule has 0 saturated heterocycles. The Morgan fingerprint density at radius 3 is 1.73 bits per heavy atom. The topological polar surface area (TPSA) is 14.1 Å². The summed E-state index contributed by atoms with van der Waals surface area (Å²) in [6.45, 7) is 0. The van der Waals surface area contributed by atoms with Gasteiger partial charge in [-0.05, 0) is 21.9 Å². The van der Waals surface area contributed by atoms with E-state index in [-0.39, 0.29) is 18.9 Å². The fourth-order valence-electron chi connectivity index (χ4n) is 1.52. The molecule has 2 aromatic carbocycles. The Morgan fingerprint density at radius 2 is 1.20 bits per heavy atom. The quantitative estimate of drug-likeness (QED) is 0.507. The molecule has 2 aromatic rings. The van der Waals surface area contributed by atoms with E-state index in [1.165, 1.54) is 9.79 Å². The molecule has 0 aromatic heterocycles. The first-order valence-electron chi connectivity index (χ1n) is 4.51. The van der Waals surface area contributed by atoms with E-state index < -0.39 is 0 Å². The van der Waals surface area contributed by atoms with E-state index in [2.05, 4.69) is 41.7 Å². The Hall–Kier alpha value is -0.813. The molecule has 1 aliphatic heterocycles. The number of para-hydroxylation sites is 2. The minimum atomic E-state index is 0. The smallest absolute Gasteiger partial charge is 0.656 e. The van der Waals surface area contributed by atoms with Crippen molar-refractivity contribution in [3.63, 3.8) is 0 Å². The molecular formula is C12H8LiNS. The number of hydrogen-bond donors (Lipinski definition) is 0. The monoisotopic (exact) mass is 205 g/mol. The molecule has 3 rings (SSSR count). The van der Waals surface area contributed by atoms with Gasteiger partial charge in [-0.25, -0.2) is 0 Å². The summed E-state index contributed by atoms with van der Waals surface area (Å²) in [5.41, 5.74) is 2.16. The molecule has 0 atom stereocenters. The fourth-order valence-corrected chi connectivity index (χ4v) is 2.49. The standard InChI is InChI=1S/C12H8NS.Li/c1-3-7-11-9(5-1)13-10-6-2-4-8-12(10)14-11;/h1-8H;/q-1;+1. The Bertz CT molecular complexity index is 397. The van der Waals surface area contributed by atoms with Gasteiger partial charge in [0, 0.05) is 0 Å². The van der Waals surface area contributed by atoms with E-state index in [0.717, 1.165) is 11.4 Å². The maximum atomic E-state index is 4.59. The molecule has 0 N–H and O–H groups in total. The van der Waals surface area contributed by atoms with E-state index in [1.54, 1.807) is 11.8 Å². The van der Waals surface area contributed by atoms with Crippen LogP contribution in [0, 0.1) is 0 Å². The van der Waals surface area contributed by atoms with Gasteiger partial charge in [-0.2, -0.15) is 0 Å². The van der Waals surface area contributed by atoms with Crippen molar-refractivity contribution in [3.8, 4) is 0 Å². The molecule has 0 saturated carbocycles. The van der Waals surface area contributed by atoms with Crippen molar-refractivity contribution < 1.29 is 18.9 Å². The summed E-state index contributed by atoms with van der Waals surface area (Å²) < 4.78 is 0. The number of fused-ring (bicyclic) bond motifs is 2. The number of benzene rings is 2. The summed E-state index contributed by atoms with van der Waals surface area (Å²) >= 11 is 1.79. The molecule has 0 unspecified atom stereocenters. The number of rotatable bonds is 0. The SMILES string of the molecule is [Li+].c1ccc2c(c1)[N-]c1ccccc1S2. The van der Waals surface area contributed by atoms with E-state index in [0.29, 0.717) is 0 Å². The van der Waals surface area contributed by atoms with E-state index in [9.17, 15) is 0 Å². The van der Waals surface area contributed by atoms with Crippen LogP contribution in [0.3, 0.4) is 0 Å². The third kappa shape index (κ3) is 1.94. The first-order chi connectivity index (χ1) is 6.93. The minimum absolute atomic E-state index is 0. The summed E-state index contributed by atoms with van der Waals surface area (Å²) in [5, 5.41) is 4.59. The van der Waals surface area contributed by atoms with Gasteiger partial charge in [0.25, 0.3) is 0 Å². The van der Waals surface area contributed by atoms with Crippen molar-refractivity contribution in [1.29, 1.82) is 0 Å². The van der Waals surface area contributed by atoms with Crippen LogP contribution in [-0.4, -0.2) is 0 Å². The molecule has 68 valence electrons. The summed E-state index contributed by atoms with van der Waals surface area (Å²) in [5.74, 6) is 0. The third-order valence-corrected chi connectivity index (χ3v) is 3.32. The molecule has 0 bridgehead atoms. The van der Waals surface area contributed by atoms with Gasteiger partial charge in [0.2, 0.25) is 0 Å². The first kappa shape index (κ1) is 10.7. The summed E-state index contributed by atoms with van der Waals surface area (Å²) in [7, 11) is 0. The predicted molar refractivity (Wildman–Crippen MR) is 59.7 cm³/mol. The Morgan fingerprint density at radius 1 is 0.733 bits per heavy atom. The van der Waals surface area contributed by atoms with Crippen LogP contribution in [0.1, 0.15) is 0 Å². The maximum Gasteiger partial charge on any atom is 1.00 e. The number of nitrogens with zero attached hydrogens (tertiary/aromatic N) is 1. The van der Waals surface area contributed by atoms with Gasteiger partial charge in [-0.3, -0.25) is 0 Å². The Kier molecular flexibility index (Phi) is 3.11. The van der Waals surface area contributed by atoms with Gasteiger partial charge in [-0.1, -0.05) is 48.2 Å². The summed E-state index contributed by atoms with van der Waals surface area (Å²) in [6, 6.07) is 16.5. The largest absolute Gasteiger partial charge is 1.00 e. The van der Waals surface area contributed by atoms with E-state index >= 15 is 0 Å². The molecule has 0 aliphatic carbocycles. The third-order valence-electron chi connectivity index (χ3n) is 2.19. The van der Waals surface area contributed by atoms with Crippen LogP contribution in [0.5, 0.6) is 0 Å². The van der Waals surface area contributed by atoms with Crippen LogP contribution < -0.4 is 18.9 Å². The van der Waals surface area contributed by atoms with Crippen LogP contribution in [-0.2, 0) is 0 Å². The van der Waals surface area contributed by atoms with Crippen LogP contribution in [0.25, 0.3) is 5.32 Å². The summed E-state index contributed by atoms with van der Waals surface area (Å²) in [4.78, 5) is 2.48. The van der Waals surface area contributed by atoms with Gasteiger partial charge < -0.3 is 5.32 Å². The number of hydrogen-bond acceptors (Lipinski definition) is 1. The van der Waals surface area contributed by atoms with Crippen LogP contribution >= 0.6 is 11.8 Å². The molecular weight excluding hydrogens is 197 g/mol. The van der Waals surface area contributed by atoms with Crippen molar-refractivity contribution in [2.45, 2.75) is 9.79 Å². The first-order valence-corrected chi connectivity index (χ1v) is 5.33. The van der Waals surface area contributed by atoms with E-state index in [4.69, 9.17) is 0 Å². The molecule has 15 heavy (non-hydrogen) atoms. The van der Waals surface area contributed by atoms with Crippen molar-refractivity contribution in [2.75, 3.05) is 0 Å². The van der Waals surface area contributed by atoms with Crippen molar-refractivity contribution in [1.82, 2.24) is 0 Å². The van der Waals surface area contributed by atoms with Crippen molar-refractivity contribution in [3.05, 3.63) is 53.8 Å².